The molecule has 0 fully saturated rings. The summed E-state index contributed by atoms with van der Waals surface area (Å²) in [7, 11) is 0. The molecule has 2 atom stereocenters. The molecule has 0 aliphatic carbocycles. The Morgan fingerprint density at radius 1 is 1.40 bits per heavy atom. The van der Waals surface area contributed by atoms with Gasteiger partial charge in [-0.2, -0.15) is 0 Å². The normalized spacial score (nSPS) is 16.9. The van der Waals surface area contributed by atoms with Gasteiger partial charge in [-0.1, -0.05) is 0 Å². The molecule has 0 amide bonds. The van der Waals surface area contributed by atoms with Crippen LogP contribution in [0.1, 0.15) is 39.5 Å². The van der Waals surface area contributed by atoms with Crippen molar-refractivity contribution in [1.29, 1.82) is 0 Å². The first kappa shape index (κ1) is 10.5. The molecule has 0 aromatic carbocycles. The van der Waals surface area contributed by atoms with Crippen molar-refractivity contribution in [2.75, 3.05) is 0 Å². The fourth-order valence-electron chi connectivity index (χ4n) is 1.03. The fourth-order valence-corrected chi connectivity index (χ4v) is 1.43. The first-order valence-electron chi connectivity index (χ1n) is 4.08. The van der Waals surface area contributed by atoms with Crippen LogP contribution in [0.25, 0.3) is 0 Å². The molecule has 0 bridgehead atoms. The van der Waals surface area contributed by atoms with E-state index in [1.807, 2.05) is 0 Å². The third kappa shape index (κ3) is 4.30. The van der Waals surface area contributed by atoms with Crippen molar-refractivity contribution in [3.8, 4) is 0 Å². The van der Waals surface area contributed by atoms with E-state index >= 15 is 0 Å². The van der Waals surface area contributed by atoms with E-state index in [1.54, 1.807) is 0 Å². The van der Waals surface area contributed by atoms with E-state index in [0.29, 0.717) is 5.92 Å². The number of hydrogen-bond acceptors (Lipinski definition) is 1. The van der Waals surface area contributed by atoms with Crippen molar-refractivity contribution in [2.45, 2.75) is 44.5 Å². The molecular weight excluding hydrogens is 169 g/mol. The van der Waals surface area contributed by atoms with Gasteiger partial charge >= 0.3 is 71.7 Å². The van der Waals surface area contributed by atoms with Crippen LogP contribution in [0.3, 0.4) is 0 Å². The summed E-state index contributed by atoms with van der Waals surface area (Å²) in [5.41, 5.74) is 5.62. The van der Waals surface area contributed by atoms with Crippen LogP contribution in [0, 0.1) is 5.92 Å². The molecule has 2 heteroatoms. The van der Waals surface area contributed by atoms with Gasteiger partial charge in [0.2, 0.25) is 0 Å². The molecule has 2 N–H and O–H groups in total. The van der Waals surface area contributed by atoms with Crippen LogP contribution in [-0.4, -0.2) is 5.01 Å². The molecule has 1 nitrogen and oxygen atoms in total. The molecular formula is C8H18NNi. The Kier molecular flexibility index (Phi) is 6.46. The minimum absolute atomic E-state index is 0.0107. The molecule has 0 spiro atoms. The molecule has 0 heterocycles. The van der Waals surface area contributed by atoms with Gasteiger partial charge < -0.3 is 0 Å². The Labute approximate surface area is 72.1 Å². The first-order valence-corrected chi connectivity index (χ1v) is 4.65. The standard InChI is InChI=1S/C8H18N.Ni/c1-3-5-6-8(4-2)7-9;/h7-8H,3-6,9H2,1-2H3;. The number of rotatable bonds is 5. The van der Waals surface area contributed by atoms with Crippen LogP contribution in [0.2, 0.25) is 0 Å². The quantitative estimate of drug-likeness (QED) is 0.654. The number of nitrogens with two attached hydrogens (primary N) is 1. The number of unbranched alkanes of at least 4 members (excludes halogenated alkanes) is 1. The van der Waals surface area contributed by atoms with Crippen molar-refractivity contribution in [1.82, 2.24) is 0 Å². The van der Waals surface area contributed by atoms with Crippen molar-refractivity contribution < 1.29 is 15.5 Å². The summed E-state index contributed by atoms with van der Waals surface area (Å²) in [6.45, 7) is 4.37. The second-order valence-electron chi connectivity index (χ2n) is 2.71. The molecule has 0 radical (unpaired) electrons. The van der Waals surface area contributed by atoms with E-state index < -0.39 is 0 Å². The second-order valence-corrected chi connectivity index (χ2v) is 3.37. The van der Waals surface area contributed by atoms with Crippen molar-refractivity contribution in [3.63, 3.8) is 0 Å². The Bertz CT molecular complexity index is 73.7. The van der Waals surface area contributed by atoms with Crippen molar-refractivity contribution >= 4 is 0 Å². The van der Waals surface area contributed by atoms with E-state index in [4.69, 9.17) is 21.2 Å². The summed E-state index contributed by atoms with van der Waals surface area (Å²) < 4.78 is 0. The summed E-state index contributed by atoms with van der Waals surface area (Å²) in [6, 6.07) is 0. The van der Waals surface area contributed by atoms with E-state index in [1.165, 1.54) is 19.3 Å². The summed E-state index contributed by atoms with van der Waals surface area (Å²) in [5, 5.41) is 0.0107. The predicted molar refractivity (Wildman–Crippen MR) is 41.3 cm³/mol. The van der Waals surface area contributed by atoms with Gasteiger partial charge in [0.05, 0.1) is 0 Å². The molecule has 65 valence electrons. The van der Waals surface area contributed by atoms with Crippen LogP contribution in [0.5, 0.6) is 0 Å². The monoisotopic (exact) mass is 186 g/mol. The molecule has 0 saturated carbocycles. The molecule has 0 aliphatic rings. The van der Waals surface area contributed by atoms with E-state index in [-0.39, 0.29) is 5.01 Å². The van der Waals surface area contributed by atoms with Crippen LogP contribution in [0.15, 0.2) is 0 Å². The molecule has 0 saturated heterocycles. The topological polar surface area (TPSA) is 26.0 Å². The Balaban J connectivity index is 3.40. The maximum atomic E-state index is 5.62. The third-order valence-corrected chi connectivity index (χ3v) is 2.34. The number of hydrogen-bond donors (Lipinski definition) is 1. The van der Waals surface area contributed by atoms with Crippen LogP contribution < -0.4 is 5.73 Å². The summed E-state index contributed by atoms with van der Waals surface area (Å²) in [5.74, 6) is 0.583. The fraction of sp³-hybridized carbons (Fsp3) is 1.00. The van der Waals surface area contributed by atoms with E-state index in [9.17, 15) is 0 Å². The van der Waals surface area contributed by atoms with Gasteiger partial charge in [-0.25, -0.2) is 0 Å². The van der Waals surface area contributed by atoms with Crippen LogP contribution in [0.4, 0.5) is 0 Å². The summed E-state index contributed by atoms with van der Waals surface area (Å²) in [6.07, 6.45) is 4.88. The maximum absolute atomic E-state index is 5.62. The zero-order valence-corrected chi connectivity index (χ0v) is 7.86. The van der Waals surface area contributed by atoms with Crippen LogP contribution in [-0.2, 0) is 15.5 Å². The molecule has 10 heavy (non-hydrogen) atoms. The summed E-state index contributed by atoms with van der Waals surface area (Å²) in [4.78, 5) is 0. The van der Waals surface area contributed by atoms with Gasteiger partial charge in [0.15, 0.2) is 0 Å². The second kappa shape index (κ2) is 6.18. The minimum atomic E-state index is 0.0107. The van der Waals surface area contributed by atoms with Gasteiger partial charge in [-0.3, -0.25) is 0 Å². The average molecular weight is 187 g/mol. The zero-order chi connectivity index (χ0) is 7.98. The van der Waals surface area contributed by atoms with E-state index in [0.717, 1.165) is 6.42 Å². The SMILES string of the molecule is CCCCC(CC)[CH](N)[Ni]. The molecule has 2 unspecified atom stereocenters. The molecule has 0 aromatic rings. The van der Waals surface area contributed by atoms with Crippen molar-refractivity contribution in [2.24, 2.45) is 11.7 Å². The Morgan fingerprint density at radius 3 is 2.30 bits per heavy atom. The molecule has 0 aliphatic heterocycles. The Morgan fingerprint density at radius 2 is 2.00 bits per heavy atom. The zero-order valence-electron chi connectivity index (χ0n) is 6.88. The van der Waals surface area contributed by atoms with Gasteiger partial charge in [0.25, 0.3) is 0 Å². The van der Waals surface area contributed by atoms with Gasteiger partial charge in [0.1, 0.15) is 0 Å². The summed E-state index contributed by atoms with van der Waals surface area (Å²) >= 11 is 4.70. The van der Waals surface area contributed by atoms with Crippen molar-refractivity contribution in [3.05, 3.63) is 0 Å². The van der Waals surface area contributed by atoms with E-state index in [2.05, 4.69) is 13.8 Å². The van der Waals surface area contributed by atoms with Gasteiger partial charge in [-0.15, -0.1) is 0 Å². The predicted octanol–water partition coefficient (Wildman–Crippen LogP) is 2.03. The van der Waals surface area contributed by atoms with Crippen LogP contribution >= 0.6 is 0 Å². The molecule has 0 rings (SSSR count). The van der Waals surface area contributed by atoms with Gasteiger partial charge in [0, 0.05) is 0 Å². The first-order chi connectivity index (χ1) is 4.72. The average Bonchev–Trinajstić information content (AvgIpc) is 1.89. The molecule has 0 aromatic heterocycles. The Hall–Kier alpha value is 0.454. The third-order valence-electron chi connectivity index (χ3n) is 1.87. The van der Waals surface area contributed by atoms with Gasteiger partial charge in [-0.05, 0) is 0 Å².